The van der Waals surface area contributed by atoms with Crippen molar-refractivity contribution in [2.24, 2.45) is 11.7 Å². The number of nitrogens with two attached hydrogens (primary N) is 1. The van der Waals surface area contributed by atoms with Gasteiger partial charge >= 0.3 is 0 Å². The van der Waals surface area contributed by atoms with Gasteiger partial charge in [0, 0.05) is 25.7 Å². The minimum Gasteiger partial charge on any atom is -0.313 e. The molecule has 1 saturated carbocycles. The maximum atomic E-state index is 9.26. The fourth-order valence-corrected chi connectivity index (χ4v) is 4.25. The van der Waals surface area contributed by atoms with E-state index in [1.165, 1.54) is 39.0 Å². The van der Waals surface area contributed by atoms with Crippen LogP contribution in [0.15, 0.2) is 0 Å². The van der Waals surface area contributed by atoms with E-state index in [9.17, 15) is 5.26 Å². The average Bonchev–Trinajstić information content (AvgIpc) is 3.03. The molecule has 0 aromatic rings. The number of hydrogen-bond donors (Lipinski definition) is 1. The summed E-state index contributed by atoms with van der Waals surface area (Å²) in [7, 11) is 0. The summed E-state index contributed by atoms with van der Waals surface area (Å²) in [6.45, 7) is 6.11. The second-order valence-electron chi connectivity index (χ2n) is 6.66. The molecule has 0 spiro atoms. The molecule has 0 bridgehead atoms. The van der Waals surface area contributed by atoms with Crippen LogP contribution in [0, 0.1) is 17.2 Å². The highest BCUT2D eigenvalue weighted by atomic mass is 15.3. The lowest BCUT2D eigenvalue weighted by molar-refractivity contribution is 0.0979. The van der Waals surface area contributed by atoms with Gasteiger partial charge in [0.25, 0.3) is 0 Å². The number of piperazine rings is 1. The molecule has 2 saturated heterocycles. The fourth-order valence-electron chi connectivity index (χ4n) is 4.25. The Morgan fingerprint density at radius 2 is 2.11 bits per heavy atom. The Labute approximate surface area is 116 Å². The van der Waals surface area contributed by atoms with Gasteiger partial charge in [-0.3, -0.25) is 4.90 Å². The summed E-state index contributed by atoms with van der Waals surface area (Å²) in [5.41, 5.74) is 5.68. The van der Waals surface area contributed by atoms with Gasteiger partial charge in [0.15, 0.2) is 0 Å². The van der Waals surface area contributed by atoms with E-state index in [1.807, 2.05) is 0 Å². The molecule has 3 aliphatic rings. The first-order valence-electron chi connectivity index (χ1n) is 7.88. The van der Waals surface area contributed by atoms with E-state index in [4.69, 9.17) is 5.73 Å². The molecular formula is C15H26N4. The lowest BCUT2D eigenvalue weighted by atomic mass is 9.87. The van der Waals surface area contributed by atoms with Crippen LogP contribution in [0.1, 0.15) is 38.5 Å². The first-order valence-corrected chi connectivity index (χ1v) is 7.88. The Hall–Kier alpha value is -0.630. The van der Waals surface area contributed by atoms with Crippen molar-refractivity contribution in [3.05, 3.63) is 0 Å². The lowest BCUT2D eigenvalue weighted by Gasteiger charge is -2.38. The fraction of sp³-hybridized carbons (Fsp3) is 0.933. The van der Waals surface area contributed by atoms with E-state index in [0.717, 1.165) is 38.3 Å². The van der Waals surface area contributed by atoms with Gasteiger partial charge in [0.05, 0.1) is 6.07 Å². The molecule has 0 amide bonds. The standard InChI is InChI=1S/C15H26N4/c16-12-15(17)6-1-3-13(15)5-8-18-9-10-19-7-2-4-14(19)11-18/h13-14H,1-11,17H2. The Bertz CT molecular complexity index is 364. The molecule has 3 fully saturated rings. The summed E-state index contributed by atoms with van der Waals surface area (Å²) in [5, 5.41) is 9.26. The van der Waals surface area contributed by atoms with Gasteiger partial charge in [-0.05, 0) is 51.1 Å². The van der Waals surface area contributed by atoms with Crippen LogP contribution in [0.2, 0.25) is 0 Å². The van der Waals surface area contributed by atoms with Crippen molar-refractivity contribution in [3.8, 4) is 6.07 Å². The van der Waals surface area contributed by atoms with Crippen LogP contribution in [0.4, 0.5) is 0 Å². The molecule has 0 aromatic heterocycles. The molecule has 1 aliphatic carbocycles. The normalized spacial score (nSPS) is 40.2. The molecule has 4 nitrogen and oxygen atoms in total. The van der Waals surface area contributed by atoms with Crippen molar-refractivity contribution in [2.75, 3.05) is 32.7 Å². The Morgan fingerprint density at radius 1 is 1.21 bits per heavy atom. The summed E-state index contributed by atoms with van der Waals surface area (Å²) in [5.74, 6) is 0.416. The zero-order valence-corrected chi connectivity index (χ0v) is 11.9. The number of rotatable bonds is 3. The van der Waals surface area contributed by atoms with Crippen LogP contribution in [-0.2, 0) is 0 Å². The molecule has 19 heavy (non-hydrogen) atoms. The summed E-state index contributed by atoms with van der Waals surface area (Å²) >= 11 is 0. The molecule has 0 radical (unpaired) electrons. The van der Waals surface area contributed by atoms with E-state index < -0.39 is 5.54 Å². The Balaban J connectivity index is 1.49. The highest BCUT2D eigenvalue weighted by Crippen LogP contribution is 2.35. The van der Waals surface area contributed by atoms with Gasteiger partial charge < -0.3 is 10.6 Å². The predicted molar refractivity (Wildman–Crippen MR) is 75.5 cm³/mol. The van der Waals surface area contributed by atoms with E-state index in [-0.39, 0.29) is 0 Å². The summed E-state index contributed by atoms with van der Waals surface area (Å²) in [4.78, 5) is 5.25. The second kappa shape index (κ2) is 5.40. The zero-order valence-electron chi connectivity index (χ0n) is 11.9. The third kappa shape index (κ3) is 2.65. The topological polar surface area (TPSA) is 56.3 Å². The van der Waals surface area contributed by atoms with Crippen LogP contribution in [0.3, 0.4) is 0 Å². The van der Waals surface area contributed by atoms with E-state index in [0.29, 0.717) is 5.92 Å². The molecule has 3 rings (SSSR count). The smallest absolute Gasteiger partial charge is 0.107 e. The number of fused-ring (bicyclic) bond motifs is 1. The molecular weight excluding hydrogens is 236 g/mol. The minimum absolute atomic E-state index is 0.416. The molecule has 3 atom stereocenters. The first kappa shape index (κ1) is 13.4. The average molecular weight is 262 g/mol. The summed E-state index contributed by atoms with van der Waals surface area (Å²) < 4.78 is 0. The highest BCUT2D eigenvalue weighted by molar-refractivity contribution is 5.12. The van der Waals surface area contributed by atoms with E-state index in [2.05, 4.69) is 15.9 Å². The first-order chi connectivity index (χ1) is 9.21. The van der Waals surface area contributed by atoms with Gasteiger partial charge in [-0.25, -0.2) is 0 Å². The van der Waals surface area contributed by atoms with Crippen LogP contribution in [0.5, 0.6) is 0 Å². The number of nitriles is 1. The number of nitrogens with zero attached hydrogens (tertiary/aromatic N) is 3. The zero-order chi connectivity index (χ0) is 13.3. The van der Waals surface area contributed by atoms with Crippen LogP contribution >= 0.6 is 0 Å². The van der Waals surface area contributed by atoms with Crippen molar-refractivity contribution in [1.29, 1.82) is 5.26 Å². The molecule has 0 aromatic carbocycles. The van der Waals surface area contributed by atoms with Gasteiger partial charge in [-0.2, -0.15) is 5.26 Å². The Kier molecular flexibility index (Phi) is 3.79. The lowest BCUT2D eigenvalue weighted by Crippen LogP contribution is -2.51. The van der Waals surface area contributed by atoms with Gasteiger partial charge in [-0.15, -0.1) is 0 Å². The van der Waals surface area contributed by atoms with Crippen LogP contribution in [0.25, 0.3) is 0 Å². The quantitative estimate of drug-likeness (QED) is 0.830. The van der Waals surface area contributed by atoms with Crippen molar-refractivity contribution >= 4 is 0 Å². The van der Waals surface area contributed by atoms with E-state index in [1.54, 1.807) is 0 Å². The third-order valence-electron chi connectivity index (χ3n) is 5.54. The van der Waals surface area contributed by atoms with Crippen molar-refractivity contribution in [2.45, 2.75) is 50.1 Å². The largest absolute Gasteiger partial charge is 0.313 e. The molecule has 3 unspecified atom stereocenters. The molecule has 106 valence electrons. The monoisotopic (exact) mass is 262 g/mol. The minimum atomic E-state index is -0.533. The molecule has 4 heteroatoms. The predicted octanol–water partition coefficient (Wildman–Crippen LogP) is 1.18. The van der Waals surface area contributed by atoms with Gasteiger partial charge in [0.1, 0.15) is 5.54 Å². The van der Waals surface area contributed by atoms with E-state index >= 15 is 0 Å². The van der Waals surface area contributed by atoms with Crippen LogP contribution < -0.4 is 5.73 Å². The van der Waals surface area contributed by atoms with Gasteiger partial charge in [-0.1, -0.05) is 6.42 Å². The van der Waals surface area contributed by atoms with Crippen molar-refractivity contribution in [3.63, 3.8) is 0 Å². The van der Waals surface area contributed by atoms with Crippen LogP contribution in [-0.4, -0.2) is 54.1 Å². The van der Waals surface area contributed by atoms with Crippen molar-refractivity contribution in [1.82, 2.24) is 9.80 Å². The number of hydrogen-bond acceptors (Lipinski definition) is 4. The van der Waals surface area contributed by atoms with Gasteiger partial charge in [0.2, 0.25) is 0 Å². The molecule has 2 heterocycles. The summed E-state index contributed by atoms with van der Waals surface area (Å²) in [6.07, 6.45) is 7.03. The molecule has 2 aliphatic heterocycles. The molecule has 2 N–H and O–H groups in total. The Morgan fingerprint density at radius 3 is 2.95 bits per heavy atom. The maximum Gasteiger partial charge on any atom is 0.107 e. The SMILES string of the molecule is N#CC1(N)CCCC1CCN1CCN2CCCC2C1. The maximum absolute atomic E-state index is 9.26. The third-order valence-corrected chi connectivity index (χ3v) is 5.54. The van der Waals surface area contributed by atoms with Crippen molar-refractivity contribution < 1.29 is 0 Å². The highest BCUT2D eigenvalue weighted by Gasteiger charge is 2.40. The second-order valence-corrected chi connectivity index (χ2v) is 6.66. The summed E-state index contributed by atoms with van der Waals surface area (Å²) in [6, 6.07) is 3.17.